The van der Waals surface area contributed by atoms with E-state index in [-0.39, 0.29) is 5.76 Å². The smallest absolute Gasteiger partial charge is 0.235 e. The van der Waals surface area contributed by atoms with Crippen molar-refractivity contribution in [3.05, 3.63) is 35.6 Å². The normalized spacial score (nSPS) is 15.0. The minimum atomic E-state index is 0.133. The Morgan fingerprint density at radius 3 is 2.78 bits per heavy atom. The second kappa shape index (κ2) is 2.13. The highest BCUT2D eigenvalue weighted by atomic mass is 16.3. The van der Waals surface area contributed by atoms with Crippen molar-refractivity contribution in [3.8, 4) is 6.07 Å². The lowest BCUT2D eigenvalue weighted by molar-refractivity contribution is 0.431. The molecule has 0 aromatic heterocycles. The van der Waals surface area contributed by atoms with Crippen LogP contribution in [-0.2, 0) is 0 Å². The molecule has 0 atom stereocenters. The summed E-state index contributed by atoms with van der Waals surface area (Å²) in [6, 6.07) is 1.89. The standard InChI is InChI=1S/C7H3NO/c8-5-6-1-3-7(9)4-2-6/h1,3-4H/p+1. The number of hydrogen-bond donors (Lipinski definition) is 1. The third-order valence-electron chi connectivity index (χ3n) is 0.917. The van der Waals surface area contributed by atoms with E-state index in [9.17, 15) is 0 Å². The molecular formula is C7H4NO+. The molecule has 0 radical (unpaired) electrons. The number of aliphatic hydroxyl groups is 1. The molecule has 2 heteroatoms. The number of nitrogens with zero attached hydrogens (tertiary/aromatic N) is 1. The number of nitriles is 1. The van der Waals surface area contributed by atoms with E-state index < -0.39 is 0 Å². The molecule has 0 amide bonds. The largest absolute Gasteiger partial charge is 0.463 e. The van der Waals surface area contributed by atoms with Gasteiger partial charge in [0.15, 0.2) is 0 Å². The van der Waals surface area contributed by atoms with Crippen LogP contribution >= 0.6 is 0 Å². The fraction of sp³-hybridized carbons (Fsp3) is 0. The van der Waals surface area contributed by atoms with E-state index in [1.165, 1.54) is 18.2 Å². The molecule has 1 N–H and O–H groups in total. The summed E-state index contributed by atoms with van der Waals surface area (Å²) >= 11 is 0. The summed E-state index contributed by atoms with van der Waals surface area (Å²) < 4.78 is 0. The van der Waals surface area contributed by atoms with Gasteiger partial charge >= 0.3 is 0 Å². The molecule has 1 rings (SSSR count). The van der Waals surface area contributed by atoms with E-state index >= 15 is 0 Å². The van der Waals surface area contributed by atoms with Crippen molar-refractivity contribution in [2.24, 2.45) is 0 Å². The first-order valence-electron chi connectivity index (χ1n) is 2.44. The number of allylic oxidation sites excluding steroid dienone is 5. The molecule has 1 aliphatic carbocycles. The van der Waals surface area contributed by atoms with Gasteiger partial charge in [-0.25, -0.2) is 0 Å². The molecule has 0 bridgehead atoms. The van der Waals surface area contributed by atoms with Crippen LogP contribution in [0.25, 0.3) is 0 Å². The van der Waals surface area contributed by atoms with Gasteiger partial charge in [-0.2, -0.15) is 0 Å². The third-order valence-corrected chi connectivity index (χ3v) is 0.917. The zero-order valence-corrected chi connectivity index (χ0v) is 4.63. The molecule has 42 valence electrons. The van der Waals surface area contributed by atoms with E-state index in [1.54, 1.807) is 0 Å². The summed E-state index contributed by atoms with van der Waals surface area (Å²) in [6.45, 7) is 0. The van der Waals surface area contributed by atoms with Crippen molar-refractivity contribution >= 4 is 0 Å². The van der Waals surface area contributed by atoms with Gasteiger partial charge in [-0.3, -0.25) is 0 Å². The Labute approximate surface area is 53.0 Å². The SMILES string of the molecule is N#CC1=[C+]C=C(O)C=C1. The van der Waals surface area contributed by atoms with Gasteiger partial charge in [-0.1, -0.05) is 0 Å². The Hall–Kier alpha value is -1.58. The Balaban J connectivity index is 2.90. The van der Waals surface area contributed by atoms with Crippen LogP contribution in [-0.4, -0.2) is 5.11 Å². The molecule has 0 unspecified atom stereocenters. The maximum atomic E-state index is 8.71. The second-order valence-corrected chi connectivity index (χ2v) is 1.57. The van der Waals surface area contributed by atoms with Crippen LogP contribution in [0.1, 0.15) is 0 Å². The zero-order chi connectivity index (χ0) is 6.69. The molecule has 1 aliphatic rings. The van der Waals surface area contributed by atoms with Gasteiger partial charge < -0.3 is 5.11 Å². The van der Waals surface area contributed by atoms with Crippen molar-refractivity contribution in [1.29, 1.82) is 5.26 Å². The molecule has 0 fully saturated rings. The first-order chi connectivity index (χ1) is 4.33. The first kappa shape index (κ1) is 5.55. The highest BCUT2D eigenvalue weighted by molar-refractivity contribution is 5.39. The van der Waals surface area contributed by atoms with Gasteiger partial charge in [0.2, 0.25) is 17.4 Å². The van der Waals surface area contributed by atoms with Gasteiger partial charge in [-0.05, 0) is 0 Å². The summed E-state index contributed by atoms with van der Waals surface area (Å²) in [5, 5.41) is 17.0. The van der Waals surface area contributed by atoms with E-state index in [2.05, 4.69) is 6.08 Å². The zero-order valence-electron chi connectivity index (χ0n) is 4.63. The molecule has 0 spiro atoms. The summed E-state index contributed by atoms with van der Waals surface area (Å²) in [5.74, 6) is 0.133. The molecule has 0 aromatic carbocycles. The Kier molecular flexibility index (Phi) is 1.31. The van der Waals surface area contributed by atoms with E-state index in [0.717, 1.165) is 0 Å². The van der Waals surface area contributed by atoms with Crippen LogP contribution in [0.3, 0.4) is 0 Å². The Morgan fingerprint density at radius 2 is 2.33 bits per heavy atom. The molecule has 9 heavy (non-hydrogen) atoms. The number of aliphatic hydroxyl groups excluding tert-OH is 1. The highest BCUT2D eigenvalue weighted by Crippen LogP contribution is 2.04. The summed E-state index contributed by atoms with van der Waals surface area (Å²) in [6.07, 6.45) is 6.90. The third kappa shape index (κ3) is 1.16. The van der Waals surface area contributed by atoms with Crippen molar-refractivity contribution in [1.82, 2.24) is 0 Å². The molecule has 0 aliphatic heterocycles. The van der Waals surface area contributed by atoms with Gasteiger partial charge in [0.05, 0.1) is 12.2 Å². The van der Waals surface area contributed by atoms with Gasteiger partial charge in [-0.15, -0.1) is 5.26 Å². The lowest BCUT2D eigenvalue weighted by atomic mass is 10.2. The molecule has 0 aromatic rings. The maximum Gasteiger partial charge on any atom is 0.235 e. The fourth-order valence-corrected chi connectivity index (χ4v) is 0.486. The van der Waals surface area contributed by atoms with Crippen molar-refractivity contribution in [3.63, 3.8) is 0 Å². The lowest BCUT2D eigenvalue weighted by Gasteiger charge is -1.83. The summed E-state index contributed by atoms with van der Waals surface area (Å²) in [7, 11) is 0. The molecule has 2 nitrogen and oxygen atoms in total. The van der Waals surface area contributed by atoms with E-state index in [0.29, 0.717) is 5.57 Å². The minimum Gasteiger partial charge on any atom is -0.463 e. The lowest BCUT2D eigenvalue weighted by Crippen LogP contribution is -1.81. The maximum absolute atomic E-state index is 8.71. The van der Waals surface area contributed by atoms with Gasteiger partial charge in [0, 0.05) is 6.08 Å². The van der Waals surface area contributed by atoms with Crippen molar-refractivity contribution in [2.75, 3.05) is 0 Å². The van der Waals surface area contributed by atoms with Crippen LogP contribution in [0.5, 0.6) is 0 Å². The summed E-state index contributed by atoms with van der Waals surface area (Å²) in [4.78, 5) is 0. The second-order valence-electron chi connectivity index (χ2n) is 1.57. The average Bonchev–Trinajstić information content (AvgIpc) is 1.90. The van der Waals surface area contributed by atoms with Crippen LogP contribution in [0.15, 0.2) is 29.6 Å². The molecule has 0 saturated carbocycles. The topological polar surface area (TPSA) is 44.0 Å². The number of rotatable bonds is 0. The van der Waals surface area contributed by atoms with Gasteiger partial charge in [0.25, 0.3) is 0 Å². The monoisotopic (exact) mass is 118 g/mol. The van der Waals surface area contributed by atoms with Crippen molar-refractivity contribution in [2.45, 2.75) is 0 Å². The predicted octanol–water partition coefficient (Wildman–Crippen LogP) is 1.25. The van der Waals surface area contributed by atoms with Crippen molar-refractivity contribution < 1.29 is 5.11 Å². The molecular weight excluding hydrogens is 114 g/mol. The van der Waals surface area contributed by atoms with Crippen LogP contribution in [0.4, 0.5) is 0 Å². The quantitative estimate of drug-likeness (QED) is 0.486. The highest BCUT2D eigenvalue weighted by Gasteiger charge is 2.05. The van der Waals surface area contributed by atoms with Crippen LogP contribution in [0.2, 0.25) is 0 Å². The van der Waals surface area contributed by atoms with Crippen LogP contribution in [0, 0.1) is 17.4 Å². The fourth-order valence-electron chi connectivity index (χ4n) is 0.486. The summed E-state index contributed by atoms with van der Waals surface area (Å²) in [5.41, 5.74) is 0.438. The predicted molar refractivity (Wildman–Crippen MR) is 32.2 cm³/mol. The van der Waals surface area contributed by atoms with Crippen LogP contribution < -0.4 is 0 Å². The molecule has 0 saturated heterocycles. The Morgan fingerprint density at radius 1 is 1.56 bits per heavy atom. The number of hydrogen-bond acceptors (Lipinski definition) is 2. The average molecular weight is 118 g/mol. The van der Waals surface area contributed by atoms with E-state index in [1.807, 2.05) is 6.07 Å². The minimum absolute atomic E-state index is 0.133. The van der Waals surface area contributed by atoms with Gasteiger partial charge in [0.1, 0.15) is 6.08 Å². The van der Waals surface area contributed by atoms with E-state index in [4.69, 9.17) is 10.4 Å². The molecule has 0 heterocycles. The Bertz CT molecular complexity index is 240. The first-order valence-corrected chi connectivity index (χ1v) is 2.44.